The van der Waals surface area contributed by atoms with Gasteiger partial charge in [-0.1, -0.05) is 0 Å². The summed E-state index contributed by atoms with van der Waals surface area (Å²) in [5.41, 5.74) is 5.03. The van der Waals surface area contributed by atoms with Crippen molar-refractivity contribution in [1.29, 1.82) is 5.26 Å². The number of aromatic nitrogens is 5. The zero-order chi connectivity index (χ0) is 24.1. The molecular weight excluding hydrogens is 440 g/mol. The van der Waals surface area contributed by atoms with Crippen LogP contribution in [0.15, 0.2) is 49.2 Å². The molecule has 2 atom stereocenters. The van der Waals surface area contributed by atoms with Crippen molar-refractivity contribution in [2.75, 3.05) is 18.4 Å². The van der Waals surface area contributed by atoms with Crippen molar-refractivity contribution in [2.45, 2.75) is 25.8 Å². The maximum atomic E-state index is 11.9. The number of nitrogens with zero attached hydrogens (tertiary/aromatic N) is 7. The van der Waals surface area contributed by atoms with Gasteiger partial charge in [0, 0.05) is 73.9 Å². The number of likely N-dealkylation sites (tertiary alicyclic amines) is 1. The number of nitriles is 1. The van der Waals surface area contributed by atoms with Crippen molar-refractivity contribution in [3.63, 3.8) is 0 Å². The minimum Gasteiger partial charge on any atom is -0.367 e. The van der Waals surface area contributed by atoms with Gasteiger partial charge in [-0.25, -0.2) is 9.50 Å². The SMILES string of the molecule is CC(=O)N1CC2CCC(C1)C2Nc1ccc(-c2cc(-c3cnn(C)c3)cn3ncc(C#N)c23)cn1. The van der Waals surface area contributed by atoms with E-state index in [0.717, 1.165) is 59.5 Å². The molecule has 176 valence electrons. The summed E-state index contributed by atoms with van der Waals surface area (Å²) in [6.45, 7) is 3.30. The maximum Gasteiger partial charge on any atom is 0.219 e. The van der Waals surface area contributed by atoms with E-state index in [1.54, 1.807) is 22.3 Å². The standard InChI is InChI=1S/C26H26N8O/c1-16(35)33-13-18-3-4-19(14-33)25(18)31-24-6-5-17(9-28-24)23-7-20(22-11-29-32(2)12-22)15-34-26(23)21(8-27)10-30-34/h5-7,9-12,15,18-19,25H,3-4,13-14H2,1-2H3,(H,28,31). The molecule has 9 nitrogen and oxygen atoms in total. The minimum absolute atomic E-state index is 0.166. The number of anilines is 1. The first kappa shape index (κ1) is 21.4. The Kier molecular flexibility index (Phi) is 5.02. The molecule has 6 rings (SSSR count). The van der Waals surface area contributed by atoms with Gasteiger partial charge >= 0.3 is 0 Å². The first-order chi connectivity index (χ1) is 17.0. The number of carbonyl (C=O) groups excluding carboxylic acids is 1. The minimum atomic E-state index is 0.166. The normalized spacial score (nSPS) is 21.3. The monoisotopic (exact) mass is 466 g/mol. The highest BCUT2D eigenvalue weighted by atomic mass is 16.2. The highest BCUT2D eigenvalue weighted by Gasteiger charge is 2.42. The second-order valence-electron chi connectivity index (χ2n) is 9.63. The van der Waals surface area contributed by atoms with Crippen molar-refractivity contribution in [1.82, 2.24) is 29.3 Å². The van der Waals surface area contributed by atoms with Gasteiger partial charge in [0.1, 0.15) is 11.9 Å². The van der Waals surface area contributed by atoms with Crippen molar-refractivity contribution >= 4 is 17.2 Å². The lowest BCUT2D eigenvalue weighted by molar-refractivity contribution is -0.131. The second-order valence-corrected chi connectivity index (χ2v) is 9.63. The van der Waals surface area contributed by atoms with Gasteiger partial charge in [0.25, 0.3) is 0 Å². The van der Waals surface area contributed by atoms with Gasteiger partial charge in [-0.05, 0) is 42.9 Å². The van der Waals surface area contributed by atoms with Crippen LogP contribution in [-0.4, -0.2) is 54.3 Å². The molecule has 0 radical (unpaired) electrons. The van der Waals surface area contributed by atoms with E-state index in [4.69, 9.17) is 4.98 Å². The Morgan fingerprint density at radius 3 is 2.49 bits per heavy atom. The van der Waals surface area contributed by atoms with Crippen LogP contribution < -0.4 is 5.32 Å². The van der Waals surface area contributed by atoms with Crippen LogP contribution >= 0.6 is 0 Å². The molecule has 2 unspecified atom stereocenters. The lowest BCUT2D eigenvalue weighted by Gasteiger charge is -2.38. The number of nitrogens with one attached hydrogen (secondary N) is 1. The first-order valence-electron chi connectivity index (χ1n) is 11.9. The molecule has 1 N–H and O–H groups in total. The molecule has 2 bridgehead atoms. The van der Waals surface area contributed by atoms with Crippen molar-refractivity contribution in [3.05, 3.63) is 54.7 Å². The Balaban J connectivity index is 1.32. The molecule has 0 aromatic carbocycles. The fourth-order valence-electron chi connectivity index (χ4n) is 5.68. The third kappa shape index (κ3) is 3.71. The summed E-state index contributed by atoms with van der Waals surface area (Å²) < 4.78 is 3.52. The van der Waals surface area contributed by atoms with Crippen LogP contribution in [0.1, 0.15) is 25.3 Å². The molecule has 1 amide bonds. The number of aryl methyl sites for hydroxylation is 1. The molecular formula is C26H26N8O. The molecule has 1 aliphatic carbocycles. The van der Waals surface area contributed by atoms with Crippen LogP contribution in [0, 0.1) is 23.2 Å². The number of hydrogen-bond acceptors (Lipinski definition) is 6. The molecule has 1 saturated heterocycles. The Morgan fingerprint density at radius 1 is 1.06 bits per heavy atom. The largest absolute Gasteiger partial charge is 0.367 e. The lowest BCUT2D eigenvalue weighted by atomic mass is 9.92. The first-order valence-corrected chi connectivity index (χ1v) is 11.9. The van der Waals surface area contributed by atoms with Crippen LogP contribution in [0.4, 0.5) is 5.82 Å². The molecule has 1 aliphatic heterocycles. The molecule has 9 heteroatoms. The molecule has 35 heavy (non-hydrogen) atoms. The molecule has 4 aromatic rings. The smallest absolute Gasteiger partial charge is 0.219 e. The van der Waals surface area contributed by atoms with Crippen LogP contribution in [0.25, 0.3) is 27.8 Å². The zero-order valence-corrected chi connectivity index (χ0v) is 19.7. The second kappa shape index (κ2) is 8.24. The van der Waals surface area contributed by atoms with E-state index in [1.807, 2.05) is 48.9 Å². The van der Waals surface area contributed by atoms with Gasteiger partial charge in [-0.15, -0.1) is 0 Å². The van der Waals surface area contributed by atoms with Gasteiger partial charge in [-0.3, -0.25) is 9.48 Å². The van der Waals surface area contributed by atoms with Crippen LogP contribution in [0.2, 0.25) is 0 Å². The predicted molar refractivity (Wildman–Crippen MR) is 131 cm³/mol. The van der Waals surface area contributed by atoms with Crippen molar-refractivity contribution < 1.29 is 4.79 Å². The number of fused-ring (bicyclic) bond motifs is 3. The van der Waals surface area contributed by atoms with Gasteiger partial charge in [-0.2, -0.15) is 15.5 Å². The van der Waals surface area contributed by atoms with Crippen molar-refractivity contribution in [2.24, 2.45) is 18.9 Å². The number of amides is 1. The number of pyridine rings is 2. The zero-order valence-electron chi connectivity index (χ0n) is 19.7. The van der Waals surface area contributed by atoms with Gasteiger partial charge in [0.05, 0.1) is 23.5 Å². The van der Waals surface area contributed by atoms with E-state index < -0.39 is 0 Å². The number of carbonyl (C=O) groups is 1. The van der Waals surface area contributed by atoms with Crippen molar-refractivity contribution in [3.8, 4) is 28.3 Å². The Hall–Kier alpha value is -4.19. The van der Waals surface area contributed by atoms with E-state index in [0.29, 0.717) is 23.4 Å². The van der Waals surface area contributed by atoms with E-state index >= 15 is 0 Å². The third-order valence-corrected chi connectivity index (χ3v) is 7.44. The third-order valence-electron chi connectivity index (χ3n) is 7.44. The average Bonchev–Trinajstić information content (AvgIpc) is 3.54. The Labute approximate surface area is 203 Å². The number of hydrogen-bond donors (Lipinski definition) is 1. The summed E-state index contributed by atoms with van der Waals surface area (Å²) >= 11 is 0. The highest BCUT2D eigenvalue weighted by molar-refractivity contribution is 5.87. The van der Waals surface area contributed by atoms with Gasteiger partial charge in [0.2, 0.25) is 5.91 Å². The summed E-state index contributed by atoms with van der Waals surface area (Å²) in [5.74, 6) is 1.92. The van der Waals surface area contributed by atoms with E-state index in [9.17, 15) is 10.1 Å². The average molecular weight is 467 g/mol. The molecule has 2 aliphatic rings. The van der Waals surface area contributed by atoms with Crippen LogP contribution in [0.3, 0.4) is 0 Å². The lowest BCUT2D eigenvalue weighted by Crippen LogP contribution is -2.49. The Morgan fingerprint density at radius 2 is 1.86 bits per heavy atom. The maximum absolute atomic E-state index is 11.9. The molecule has 5 heterocycles. The Bertz CT molecular complexity index is 1450. The fraction of sp³-hybridized carbons (Fsp3) is 0.346. The number of piperidine rings is 1. The molecule has 2 fully saturated rings. The van der Waals surface area contributed by atoms with Crippen LogP contribution in [0.5, 0.6) is 0 Å². The summed E-state index contributed by atoms with van der Waals surface area (Å²) in [4.78, 5) is 18.6. The van der Waals surface area contributed by atoms with E-state index in [2.05, 4.69) is 27.6 Å². The van der Waals surface area contributed by atoms with Crippen LogP contribution in [-0.2, 0) is 11.8 Å². The highest BCUT2D eigenvalue weighted by Crippen LogP contribution is 2.39. The van der Waals surface area contributed by atoms with Gasteiger partial charge < -0.3 is 10.2 Å². The predicted octanol–water partition coefficient (Wildman–Crippen LogP) is 3.34. The van der Waals surface area contributed by atoms with Gasteiger partial charge in [0.15, 0.2) is 0 Å². The fourth-order valence-corrected chi connectivity index (χ4v) is 5.68. The molecule has 4 aromatic heterocycles. The summed E-state index contributed by atoms with van der Waals surface area (Å²) in [7, 11) is 1.89. The molecule has 0 spiro atoms. The summed E-state index contributed by atoms with van der Waals surface area (Å²) in [6.07, 6.45) is 11.4. The topological polar surface area (TPSA) is 104 Å². The van der Waals surface area contributed by atoms with E-state index in [1.165, 1.54) is 0 Å². The van der Waals surface area contributed by atoms with E-state index in [-0.39, 0.29) is 5.91 Å². The number of rotatable bonds is 4. The summed E-state index contributed by atoms with van der Waals surface area (Å²) in [5, 5.41) is 22.0. The summed E-state index contributed by atoms with van der Waals surface area (Å²) in [6, 6.07) is 8.70. The quantitative estimate of drug-likeness (QED) is 0.495. The molecule has 1 saturated carbocycles.